The number of carbonyl (C=O) groups excluding carboxylic acids is 2. The highest BCUT2D eigenvalue weighted by Gasteiger charge is 2.24. The molecule has 3 heterocycles. The van der Waals surface area contributed by atoms with E-state index in [1.54, 1.807) is 18.6 Å². The van der Waals surface area contributed by atoms with E-state index in [-0.39, 0.29) is 5.91 Å². The number of hydrogen-bond donors (Lipinski definition) is 0. The summed E-state index contributed by atoms with van der Waals surface area (Å²) >= 11 is 0. The first-order chi connectivity index (χ1) is 16.2. The van der Waals surface area contributed by atoms with Crippen LogP contribution in [0, 0.1) is 5.82 Å². The molecule has 0 radical (unpaired) electrons. The Labute approximate surface area is 195 Å². The number of benzene rings is 2. The molecular weight excluding hydrogens is 433 g/mol. The van der Waals surface area contributed by atoms with Crippen molar-refractivity contribution in [3.8, 4) is 11.3 Å². The maximum Gasteiger partial charge on any atom is 0.419 e. The monoisotopic (exact) mass is 455 g/mol. The first kappa shape index (κ1) is 21.6. The highest BCUT2D eigenvalue weighted by molar-refractivity contribution is 6.06. The zero-order valence-electron chi connectivity index (χ0n) is 18.9. The molecule has 6 nitrogen and oxygen atoms in total. The van der Waals surface area contributed by atoms with Gasteiger partial charge in [0.25, 0.3) is 5.91 Å². The quantitative estimate of drug-likeness (QED) is 0.315. The van der Waals surface area contributed by atoms with Crippen molar-refractivity contribution in [1.82, 2.24) is 14.1 Å². The summed E-state index contributed by atoms with van der Waals surface area (Å²) in [4.78, 5) is 30.7. The van der Waals surface area contributed by atoms with Crippen LogP contribution >= 0.6 is 0 Å². The largest absolute Gasteiger partial charge is 0.443 e. The van der Waals surface area contributed by atoms with Crippen LogP contribution in [0.3, 0.4) is 0 Å². The summed E-state index contributed by atoms with van der Waals surface area (Å²) in [6, 6.07) is 16.7. The van der Waals surface area contributed by atoms with Gasteiger partial charge in [-0.05, 0) is 63.2 Å². The van der Waals surface area contributed by atoms with Gasteiger partial charge in [0.1, 0.15) is 11.4 Å². The van der Waals surface area contributed by atoms with Gasteiger partial charge in [0.05, 0.1) is 22.9 Å². The molecule has 0 N–H and O–H groups in total. The predicted molar refractivity (Wildman–Crippen MR) is 128 cm³/mol. The second-order valence-electron chi connectivity index (χ2n) is 9.02. The summed E-state index contributed by atoms with van der Waals surface area (Å²) in [7, 11) is 0. The van der Waals surface area contributed by atoms with Gasteiger partial charge in [-0.3, -0.25) is 14.3 Å². The topological polar surface area (TPSA) is 66.1 Å². The summed E-state index contributed by atoms with van der Waals surface area (Å²) < 4.78 is 22.0. The lowest BCUT2D eigenvalue weighted by Crippen LogP contribution is -2.27. The normalized spacial score (nSPS) is 11.8. The molecule has 0 aliphatic heterocycles. The second-order valence-corrected chi connectivity index (χ2v) is 9.02. The van der Waals surface area contributed by atoms with Crippen LogP contribution in [0.25, 0.3) is 33.1 Å². The van der Waals surface area contributed by atoms with Crippen LogP contribution in [0.5, 0.6) is 0 Å². The fraction of sp³-hybridized carbons (Fsp3) is 0.148. The smallest absolute Gasteiger partial charge is 0.419 e. The van der Waals surface area contributed by atoms with Gasteiger partial charge < -0.3 is 4.74 Å². The van der Waals surface area contributed by atoms with Crippen molar-refractivity contribution in [3.05, 3.63) is 90.6 Å². The Morgan fingerprint density at radius 2 is 1.68 bits per heavy atom. The molecule has 3 aromatic heterocycles. The third-order valence-corrected chi connectivity index (χ3v) is 5.49. The van der Waals surface area contributed by atoms with Gasteiger partial charge >= 0.3 is 6.09 Å². The Morgan fingerprint density at radius 3 is 2.41 bits per heavy atom. The molecule has 0 atom stereocenters. The van der Waals surface area contributed by atoms with Gasteiger partial charge in [0.2, 0.25) is 0 Å². The first-order valence-corrected chi connectivity index (χ1v) is 10.8. The molecular formula is C27H22FN3O3. The van der Waals surface area contributed by atoms with Crippen LogP contribution in [0.1, 0.15) is 31.1 Å². The number of aromatic nitrogens is 3. The molecule has 0 fully saturated rings. The van der Waals surface area contributed by atoms with Gasteiger partial charge in [-0.1, -0.05) is 18.2 Å². The lowest BCUT2D eigenvalue weighted by Gasteiger charge is -2.21. The van der Waals surface area contributed by atoms with Crippen molar-refractivity contribution in [2.24, 2.45) is 0 Å². The molecule has 0 spiro atoms. The molecule has 5 aromatic rings. The van der Waals surface area contributed by atoms with Crippen molar-refractivity contribution >= 4 is 33.8 Å². The summed E-state index contributed by atoms with van der Waals surface area (Å²) in [5.74, 6) is -0.713. The fourth-order valence-corrected chi connectivity index (χ4v) is 4.03. The van der Waals surface area contributed by atoms with Crippen molar-refractivity contribution in [2.45, 2.75) is 26.4 Å². The number of rotatable bonds is 2. The van der Waals surface area contributed by atoms with Crippen LogP contribution in [-0.2, 0) is 4.74 Å². The van der Waals surface area contributed by atoms with E-state index in [0.717, 1.165) is 10.8 Å². The van der Waals surface area contributed by atoms with Gasteiger partial charge in [0, 0.05) is 34.3 Å². The van der Waals surface area contributed by atoms with E-state index >= 15 is 0 Å². The molecule has 34 heavy (non-hydrogen) atoms. The van der Waals surface area contributed by atoms with Crippen LogP contribution in [0.4, 0.5) is 9.18 Å². The third kappa shape index (κ3) is 3.75. The maximum atomic E-state index is 13.3. The standard InChI is InChI=1S/C27H22FN3O3/c1-27(2,3)34-26(33)31-22-7-5-4-6-18(22)14-23(31)21-15-29-16-24-20(21)12-13-30(24)25(32)17-8-10-19(28)11-9-17/h4-16H,1-3H3. The van der Waals surface area contributed by atoms with Crippen LogP contribution in [-0.4, -0.2) is 31.7 Å². The van der Waals surface area contributed by atoms with Crippen LogP contribution in [0.15, 0.2) is 79.3 Å². The number of fused-ring (bicyclic) bond motifs is 2. The van der Waals surface area contributed by atoms with E-state index in [1.165, 1.54) is 33.4 Å². The van der Waals surface area contributed by atoms with E-state index in [4.69, 9.17) is 4.74 Å². The van der Waals surface area contributed by atoms with E-state index in [2.05, 4.69) is 4.98 Å². The highest BCUT2D eigenvalue weighted by atomic mass is 19.1. The Bertz CT molecular complexity index is 1560. The average Bonchev–Trinajstić information content (AvgIpc) is 3.39. The molecule has 0 bridgehead atoms. The van der Waals surface area contributed by atoms with Crippen molar-refractivity contribution in [2.75, 3.05) is 0 Å². The lowest BCUT2D eigenvalue weighted by molar-refractivity contribution is 0.0547. The molecule has 0 aliphatic rings. The number of halogens is 1. The minimum Gasteiger partial charge on any atom is -0.443 e. The second kappa shape index (κ2) is 7.95. The Kier molecular flexibility index (Phi) is 5.05. The number of pyridine rings is 1. The zero-order chi connectivity index (χ0) is 24.0. The molecule has 5 rings (SSSR count). The predicted octanol–water partition coefficient (Wildman–Crippen LogP) is 6.27. The molecule has 0 aliphatic carbocycles. The minimum absolute atomic E-state index is 0.304. The summed E-state index contributed by atoms with van der Waals surface area (Å²) in [5, 5.41) is 1.63. The number of carbonyl (C=O) groups is 2. The van der Waals surface area contributed by atoms with E-state index in [9.17, 15) is 14.0 Å². The Hall–Kier alpha value is -4.26. The van der Waals surface area contributed by atoms with Gasteiger partial charge in [-0.2, -0.15) is 0 Å². The zero-order valence-corrected chi connectivity index (χ0v) is 18.9. The van der Waals surface area contributed by atoms with E-state index in [0.29, 0.717) is 27.9 Å². The Morgan fingerprint density at radius 1 is 0.941 bits per heavy atom. The lowest BCUT2D eigenvalue weighted by atomic mass is 10.1. The number of ether oxygens (including phenoxy) is 1. The maximum absolute atomic E-state index is 13.3. The molecule has 0 saturated carbocycles. The summed E-state index contributed by atoms with van der Waals surface area (Å²) in [6.07, 6.45) is 4.43. The Balaban J connectivity index is 1.68. The highest BCUT2D eigenvalue weighted by Crippen LogP contribution is 2.34. The minimum atomic E-state index is -0.672. The molecule has 7 heteroatoms. The van der Waals surface area contributed by atoms with Gasteiger partial charge in [-0.15, -0.1) is 0 Å². The first-order valence-electron chi connectivity index (χ1n) is 10.8. The van der Waals surface area contributed by atoms with Crippen molar-refractivity contribution < 1.29 is 18.7 Å². The molecule has 0 unspecified atom stereocenters. The average molecular weight is 455 g/mol. The van der Waals surface area contributed by atoms with Gasteiger partial charge in [-0.25, -0.2) is 13.8 Å². The van der Waals surface area contributed by atoms with Gasteiger partial charge in [0.15, 0.2) is 0 Å². The molecule has 0 saturated heterocycles. The fourth-order valence-electron chi connectivity index (χ4n) is 4.03. The summed E-state index contributed by atoms with van der Waals surface area (Å²) in [5.41, 5.74) is 2.27. The van der Waals surface area contributed by atoms with Crippen LogP contribution < -0.4 is 0 Å². The van der Waals surface area contributed by atoms with Crippen LogP contribution in [0.2, 0.25) is 0 Å². The molecule has 170 valence electrons. The van der Waals surface area contributed by atoms with E-state index in [1.807, 2.05) is 57.2 Å². The number of nitrogens with zero attached hydrogens (tertiary/aromatic N) is 3. The molecule has 2 aromatic carbocycles. The van der Waals surface area contributed by atoms with Crippen molar-refractivity contribution in [1.29, 1.82) is 0 Å². The number of para-hydroxylation sites is 1. The van der Waals surface area contributed by atoms with Crippen molar-refractivity contribution in [3.63, 3.8) is 0 Å². The third-order valence-electron chi connectivity index (χ3n) is 5.49. The van der Waals surface area contributed by atoms with E-state index < -0.39 is 17.5 Å². The number of hydrogen-bond acceptors (Lipinski definition) is 4. The summed E-state index contributed by atoms with van der Waals surface area (Å²) in [6.45, 7) is 5.46. The SMILES string of the molecule is CC(C)(C)OC(=O)n1c(-c2cncc3c2ccn3C(=O)c2ccc(F)cc2)cc2ccccc21. The molecule has 0 amide bonds.